The molecular formula is C20H30N2O3. The third-order valence-electron chi connectivity index (χ3n) is 4.34. The zero-order valence-electron chi connectivity index (χ0n) is 16.0. The normalized spacial score (nSPS) is 18.0. The number of nitrogens with zero attached hydrogens (tertiary/aromatic N) is 1. The quantitative estimate of drug-likeness (QED) is 0.913. The molecule has 2 rings (SSSR count). The van der Waals surface area contributed by atoms with E-state index in [0.717, 1.165) is 36.1 Å². The average Bonchev–Trinajstić information content (AvgIpc) is 2.49. The minimum atomic E-state index is -0.517. The summed E-state index contributed by atoms with van der Waals surface area (Å²) >= 11 is 0. The summed E-state index contributed by atoms with van der Waals surface area (Å²) in [5.41, 5.74) is 2.86. The number of hydrogen-bond acceptors (Lipinski definition) is 3. The summed E-state index contributed by atoms with van der Waals surface area (Å²) in [5, 5.41) is 2.89. The summed E-state index contributed by atoms with van der Waals surface area (Å²) in [7, 11) is 0. The summed E-state index contributed by atoms with van der Waals surface area (Å²) in [5.74, 6) is 0.115. The number of piperidine rings is 1. The van der Waals surface area contributed by atoms with Crippen molar-refractivity contribution >= 4 is 12.0 Å². The van der Waals surface area contributed by atoms with Gasteiger partial charge < -0.3 is 15.0 Å². The summed E-state index contributed by atoms with van der Waals surface area (Å²) in [4.78, 5) is 26.5. The Labute approximate surface area is 150 Å². The van der Waals surface area contributed by atoms with Crippen LogP contribution < -0.4 is 5.32 Å². The number of ether oxygens (including phenoxy) is 1. The van der Waals surface area contributed by atoms with Gasteiger partial charge in [-0.1, -0.05) is 23.8 Å². The maximum Gasteiger partial charge on any atom is 0.407 e. The van der Waals surface area contributed by atoms with Crippen LogP contribution in [0.2, 0.25) is 0 Å². The highest BCUT2D eigenvalue weighted by Crippen LogP contribution is 2.16. The molecule has 0 aromatic heterocycles. The summed E-state index contributed by atoms with van der Waals surface area (Å²) in [6.07, 6.45) is 1.75. The molecule has 1 fully saturated rings. The minimum Gasteiger partial charge on any atom is -0.444 e. The maximum absolute atomic E-state index is 12.7. The Morgan fingerprint density at radius 3 is 2.68 bits per heavy atom. The maximum atomic E-state index is 12.7. The standard InChI is InChI=1S/C20H30N2O3/c1-14-8-9-15(2)16(11-14)12-18(23)22-10-6-7-17(13-22)21-19(24)25-20(3,4)5/h8-9,11,17H,6-7,10,12-13H2,1-5H3,(H,21,24)/t17-/m1/s1. The van der Waals surface area contributed by atoms with E-state index in [9.17, 15) is 9.59 Å². The van der Waals surface area contributed by atoms with E-state index in [4.69, 9.17) is 4.74 Å². The third kappa shape index (κ3) is 6.07. The van der Waals surface area contributed by atoms with E-state index in [1.54, 1.807) is 0 Å². The van der Waals surface area contributed by atoms with E-state index in [0.29, 0.717) is 13.0 Å². The fourth-order valence-corrected chi connectivity index (χ4v) is 3.06. The van der Waals surface area contributed by atoms with Gasteiger partial charge in [0.2, 0.25) is 5.91 Å². The number of nitrogens with one attached hydrogen (secondary N) is 1. The van der Waals surface area contributed by atoms with Crippen LogP contribution in [-0.2, 0) is 16.0 Å². The lowest BCUT2D eigenvalue weighted by Crippen LogP contribution is -2.50. The molecule has 5 heteroatoms. The molecule has 0 radical (unpaired) electrons. The largest absolute Gasteiger partial charge is 0.444 e. The summed E-state index contributed by atoms with van der Waals surface area (Å²) < 4.78 is 5.31. The van der Waals surface area contributed by atoms with Crippen molar-refractivity contribution in [3.8, 4) is 0 Å². The molecule has 1 saturated heterocycles. The lowest BCUT2D eigenvalue weighted by molar-refractivity contribution is -0.131. The molecule has 1 aromatic carbocycles. The third-order valence-corrected chi connectivity index (χ3v) is 4.34. The van der Waals surface area contributed by atoms with Gasteiger partial charge >= 0.3 is 6.09 Å². The number of aryl methyl sites for hydroxylation is 2. The van der Waals surface area contributed by atoms with Gasteiger partial charge in [0.15, 0.2) is 0 Å². The van der Waals surface area contributed by atoms with Gasteiger partial charge in [-0.2, -0.15) is 0 Å². The summed E-state index contributed by atoms with van der Waals surface area (Å²) in [6.45, 7) is 10.9. The lowest BCUT2D eigenvalue weighted by Gasteiger charge is -2.33. The second-order valence-corrected chi connectivity index (χ2v) is 7.93. The van der Waals surface area contributed by atoms with Gasteiger partial charge in [0.1, 0.15) is 5.60 Å². The first-order valence-electron chi connectivity index (χ1n) is 8.97. The van der Waals surface area contributed by atoms with Crippen molar-refractivity contribution in [3.63, 3.8) is 0 Å². The molecule has 1 N–H and O–H groups in total. The zero-order valence-corrected chi connectivity index (χ0v) is 16.0. The van der Waals surface area contributed by atoms with Crippen molar-refractivity contribution in [3.05, 3.63) is 34.9 Å². The van der Waals surface area contributed by atoms with E-state index in [-0.39, 0.29) is 11.9 Å². The number of amides is 2. The Kier molecular flexibility index (Phi) is 6.09. The van der Waals surface area contributed by atoms with Crippen LogP contribution in [0, 0.1) is 13.8 Å². The van der Waals surface area contributed by atoms with Gasteiger partial charge in [-0.25, -0.2) is 4.79 Å². The molecule has 0 spiro atoms. The first kappa shape index (κ1) is 19.3. The molecule has 1 heterocycles. The molecule has 1 aliphatic heterocycles. The SMILES string of the molecule is Cc1ccc(C)c(CC(=O)N2CCC[C@@H](NC(=O)OC(C)(C)C)C2)c1. The van der Waals surface area contributed by atoms with E-state index in [1.165, 1.54) is 0 Å². The highest BCUT2D eigenvalue weighted by molar-refractivity contribution is 5.79. The molecule has 25 heavy (non-hydrogen) atoms. The molecule has 1 aliphatic rings. The fraction of sp³-hybridized carbons (Fsp3) is 0.600. The van der Waals surface area contributed by atoms with Gasteiger partial charge in [-0.3, -0.25) is 4.79 Å². The van der Waals surface area contributed by atoms with E-state index < -0.39 is 11.7 Å². The highest BCUT2D eigenvalue weighted by atomic mass is 16.6. The van der Waals surface area contributed by atoms with Crippen LogP contribution >= 0.6 is 0 Å². The first-order chi connectivity index (χ1) is 11.6. The highest BCUT2D eigenvalue weighted by Gasteiger charge is 2.26. The molecule has 0 saturated carbocycles. The van der Waals surface area contributed by atoms with Gasteiger partial charge in [-0.15, -0.1) is 0 Å². The van der Waals surface area contributed by atoms with Gasteiger partial charge in [-0.05, 0) is 58.6 Å². The number of carbonyl (C=O) groups is 2. The second-order valence-electron chi connectivity index (χ2n) is 7.93. The molecule has 1 aromatic rings. The van der Waals surface area contributed by atoms with Gasteiger partial charge in [0.05, 0.1) is 6.42 Å². The van der Waals surface area contributed by atoms with Crippen molar-refractivity contribution in [1.29, 1.82) is 0 Å². The van der Waals surface area contributed by atoms with Crippen molar-refractivity contribution in [2.45, 2.75) is 65.5 Å². The molecule has 5 nitrogen and oxygen atoms in total. The number of alkyl carbamates (subject to hydrolysis) is 1. The van der Waals surface area contributed by atoms with Crippen LogP contribution in [0.5, 0.6) is 0 Å². The van der Waals surface area contributed by atoms with Gasteiger partial charge in [0.25, 0.3) is 0 Å². The predicted molar refractivity (Wildman–Crippen MR) is 98.6 cm³/mol. The lowest BCUT2D eigenvalue weighted by atomic mass is 10.0. The van der Waals surface area contributed by atoms with E-state index >= 15 is 0 Å². The number of rotatable bonds is 3. The Hall–Kier alpha value is -2.04. The topological polar surface area (TPSA) is 58.6 Å². The van der Waals surface area contributed by atoms with E-state index in [1.807, 2.05) is 39.5 Å². The molecular weight excluding hydrogens is 316 g/mol. The number of benzene rings is 1. The average molecular weight is 346 g/mol. The zero-order chi connectivity index (χ0) is 18.6. The van der Waals surface area contributed by atoms with Crippen LogP contribution in [0.3, 0.4) is 0 Å². The molecule has 1 atom stereocenters. The van der Waals surface area contributed by atoms with Crippen molar-refractivity contribution in [2.75, 3.05) is 13.1 Å². The minimum absolute atomic E-state index is 0.0499. The number of hydrogen-bond donors (Lipinski definition) is 1. The van der Waals surface area contributed by atoms with Gasteiger partial charge in [0, 0.05) is 19.1 Å². The van der Waals surface area contributed by atoms with Crippen molar-refractivity contribution < 1.29 is 14.3 Å². The van der Waals surface area contributed by atoms with E-state index in [2.05, 4.69) is 23.5 Å². The molecule has 0 bridgehead atoms. The van der Waals surface area contributed by atoms with Crippen LogP contribution in [0.1, 0.15) is 50.3 Å². The van der Waals surface area contributed by atoms with Crippen molar-refractivity contribution in [1.82, 2.24) is 10.2 Å². The Balaban J connectivity index is 1.92. The molecule has 138 valence electrons. The number of carbonyl (C=O) groups excluding carboxylic acids is 2. The Morgan fingerprint density at radius 2 is 2.00 bits per heavy atom. The monoisotopic (exact) mass is 346 g/mol. The van der Waals surface area contributed by atoms with Crippen LogP contribution in [0.25, 0.3) is 0 Å². The van der Waals surface area contributed by atoms with Crippen LogP contribution in [0.15, 0.2) is 18.2 Å². The molecule has 0 unspecified atom stereocenters. The smallest absolute Gasteiger partial charge is 0.407 e. The second kappa shape index (κ2) is 7.89. The Morgan fingerprint density at radius 1 is 1.28 bits per heavy atom. The molecule has 2 amide bonds. The first-order valence-corrected chi connectivity index (χ1v) is 8.97. The Bertz CT molecular complexity index is 634. The predicted octanol–water partition coefficient (Wildman–Crippen LogP) is 3.36. The van der Waals surface area contributed by atoms with Crippen LogP contribution in [0.4, 0.5) is 4.79 Å². The van der Waals surface area contributed by atoms with Crippen molar-refractivity contribution in [2.24, 2.45) is 0 Å². The molecule has 0 aliphatic carbocycles. The number of likely N-dealkylation sites (tertiary alicyclic amines) is 1. The fourth-order valence-electron chi connectivity index (χ4n) is 3.06. The van der Waals surface area contributed by atoms with Crippen LogP contribution in [-0.4, -0.2) is 41.6 Å². The summed E-state index contributed by atoms with van der Waals surface area (Å²) in [6, 6.07) is 6.14.